The Morgan fingerprint density at radius 1 is 1.33 bits per heavy atom. The van der Waals surface area contributed by atoms with Crippen LogP contribution in [0.3, 0.4) is 0 Å². The molecule has 1 fully saturated rings. The molecule has 1 aliphatic carbocycles. The zero-order valence-electron chi connectivity index (χ0n) is 13.6. The number of nitrogens with zero attached hydrogens (tertiary/aromatic N) is 3. The highest BCUT2D eigenvalue weighted by molar-refractivity contribution is 5.81. The SMILES string of the molecule is O=C(CCn1ncc2ccc([N+](=O)[O-])cc21)NCC1CCCCC1. The van der Waals surface area contributed by atoms with E-state index in [1.165, 1.54) is 44.2 Å². The number of fused-ring (bicyclic) bond motifs is 1. The lowest BCUT2D eigenvalue weighted by Gasteiger charge is -2.21. The molecular formula is C17H22N4O3. The monoisotopic (exact) mass is 330 g/mol. The maximum atomic E-state index is 12.0. The number of benzene rings is 1. The Balaban J connectivity index is 1.55. The zero-order valence-corrected chi connectivity index (χ0v) is 13.6. The summed E-state index contributed by atoms with van der Waals surface area (Å²) in [6, 6.07) is 4.65. The highest BCUT2D eigenvalue weighted by Gasteiger charge is 2.15. The Morgan fingerprint density at radius 2 is 2.12 bits per heavy atom. The topological polar surface area (TPSA) is 90.1 Å². The van der Waals surface area contributed by atoms with Crippen LogP contribution in [0, 0.1) is 16.0 Å². The van der Waals surface area contributed by atoms with Crippen LogP contribution in [0.1, 0.15) is 38.5 Å². The first kappa shape index (κ1) is 16.4. The van der Waals surface area contributed by atoms with Gasteiger partial charge in [-0.3, -0.25) is 19.6 Å². The first-order valence-corrected chi connectivity index (χ1v) is 8.50. The number of aromatic nitrogens is 2. The molecule has 1 heterocycles. The van der Waals surface area contributed by atoms with Gasteiger partial charge in [0, 0.05) is 30.5 Å². The molecule has 1 amide bonds. The number of rotatable bonds is 6. The van der Waals surface area contributed by atoms with Gasteiger partial charge >= 0.3 is 0 Å². The predicted molar refractivity (Wildman–Crippen MR) is 90.6 cm³/mol. The summed E-state index contributed by atoms with van der Waals surface area (Å²) in [5.74, 6) is 0.616. The molecule has 7 heteroatoms. The maximum Gasteiger partial charge on any atom is 0.271 e. The third-order valence-corrected chi connectivity index (χ3v) is 4.70. The third kappa shape index (κ3) is 3.90. The number of hydrogen-bond donors (Lipinski definition) is 1. The van der Waals surface area contributed by atoms with E-state index in [4.69, 9.17) is 0 Å². The van der Waals surface area contributed by atoms with Gasteiger partial charge in [0.05, 0.1) is 23.2 Å². The highest BCUT2D eigenvalue weighted by Crippen LogP contribution is 2.23. The Kier molecular flexibility index (Phi) is 5.08. The molecule has 0 saturated heterocycles. The molecule has 1 aliphatic rings. The number of carbonyl (C=O) groups excluding carboxylic acids is 1. The smallest absolute Gasteiger partial charge is 0.271 e. The molecule has 128 valence electrons. The molecule has 1 aromatic heterocycles. The van der Waals surface area contributed by atoms with Gasteiger partial charge in [-0.1, -0.05) is 19.3 Å². The summed E-state index contributed by atoms with van der Waals surface area (Å²) in [6.45, 7) is 1.17. The van der Waals surface area contributed by atoms with Crippen LogP contribution in [0.2, 0.25) is 0 Å². The van der Waals surface area contributed by atoms with Crippen LogP contribution < -0.4 is 5.32 Å². The van der Waals surface area contributed by atoms with E-state index in [0.717, 1.165) is 11.9 Å². The normalized spacial score (nSPS) is 15.5. The van der Waals surface area contributed by atoms with Crippen LogP contribution in [0.4, 0.5) is 5.69 Å². The number of carbonyl (C=O) groups is 1. The average molecular weight is 330 g/mol. The molecular weight excluding hydrogens is 308 g/mol. The van der Waals surface area contributed by atoms with Crippen molar-refractivity contribution >= 4 is 22.5 Å². The van der Waals surface area contributed by atoms with Gasteiger partial charge in [-0.25, -0.2) is 0 Å². The van der Waals surface area contributed by atoms with E-state index in [2.05, 4.69) is 10.4 Å². The second-order valence-corrected chi connectivity index (χ2v) is 6.43. The minimum absolute atomic E-state index is 0.00894. The molecule has 0 aliphatic heterocycles. The Morgan fingerprint density at radius 3 is 2.88 bits per heavy atom. The van der Waals surface area contributed by atoms with Crippen molar-refractivity contribution in [3.05, 3.63) is 34.5 Å². The molecule has 1 aromatic carbocycles. The number of aryl methyl sites for hydroxylation is 1. The minimum atomic E-state index is -0.423. The number of amides is 1. The number of hydrogen-bond acceptors (Lipinski definition) is 4. The fourth-order valence-electron chi connectivity index (χ4n) is 3.30. The molecule has 2 aromatic rings. The molecule has 3 rings (SSSR count). The summed E-state index contributed by atoms with van der Waals surface area (Å²) in [5.41, 5.74) is 0.718. The Bertz CT molecular complexity index is 735. The van der Waals surface area contributed by atoms with Gasteiger partial charge < -0.3 is 5.32 Å². The van der Waals surface area contributed by atoms with E-state index in [1.54, 1.807) is 16.9 Å². The van der Waals surface area contributed by atoms with Crippen LogP contribution in [-0.2, 0) is 11.3 Å². The van der Waals surface area contributed by atoms with Gasteiger partial charge in [-0.05, 0) is 24.8 Å². The van der Waals surface area contributed by atoms with Crippen molar-refractivity contribution in [2.24, 2.45) is 5.92 Å². The molecule has 1 N–H and O–H groups in total. The quantitative estimate of drug-likeness (QED) is 0.651. The summed E-state index contributed by atoms with van der Waals surface area (Å²) >= 11 is 0. The second kappa shape index (κ2) is 7.42. The molecule has 0 atom stereocenters. The van der Waals surface area contributed by atoms with Crippen molar-refractivity contribution in [3.63, 3.8) is 0 Å². The summed E-state index contributed by atoms with van der Waals surface area (Å²) in [5, 5.41) is 19.0. The fraction of sp³-hybridized carbons (Fsp3) is 0.529. The molecule has 1 saturated carbocycles. The van der Waals surface area contributed by atoms with Crippen LogP contribution in [0.5, 0.6) is 0 Å². The summed E-state index contributed by atoms with van der Waals surface area (Å²) in [6.07, 6.45) is 8.23. The first-order valence-electron chi connectivity index (χ1n) is 8.50. The van der Waals surface area contributed by atoms with E-state index in [0.29, 0.717) is 24.4 Å². The average Bonchev–Trinajstić information content (AvgIpc) is 3.01. The van der Waals surface area contributed by atoms with E-state index < -0.39 is 4.92 Å². The molecule has 24 heavy (non-hydrogen) atoms. The van der Waals surface area contributed by atoms with Crippen LogP contribution in [0.15, 0.2) is 24.4 Å². The van der Waals surface area contributed by atoms with E-state index >= 15 is 0 Å². The van der Waals surface area contributed by atoms with Crippen molar-refractivity contribution in [2.75, 3.05) is 6.54 Å². The van der Waals surface area contributed by atoms with Crippen molar-refractivity contribution < 1.29 is 9.72 Å². The van der Waals surface area contributed by atoms with Gasteiger partial charge in [0.2, 0.25) is 5.91 Å². The lowest BCUT2D eigenvalue weighted by molar-refractivity contribution is -0.384. The van der Waals surface area contributed by atoms with Crippen molar-refractivity contribution in [3.8, 4) is 0 Å². The summed E-state index contributed by atoms with van der Waals surface area (Å²) < 4.78 is 1.66. The van der Waals surface area contributed by atoms with E-state index in [9.17, 15) is 14.9 Å². The second-order valence-electron chi connectivity index (χ2n) is 6.43. The third-order valence-electron chi connectivity index (χ3n) is 4.70. The van der Waals surface area contributed by atoms with Gasteiger partial charge in [-0.15, -0.1) is 0 Å². The highest BCUT2D eigenvalue weighted by atomic mass is 16.6. The van der Waals surface area contributed by atoms with Gasteiger partial charge in [0.15, 0.2) is 0 Å². The molecule has 0 radical (unpaired) electrons. The molecule has 0 spiro atoms. The van der Waals surface area contributed by atoms with Gasteiger partial charge in [0.1, 0.15) is 0 Å². The van der Waals surface area contributed by atoms with Crippen LogP contribution in [-0.4, -0.2) is 27.2 Å². The van der Waals surface area contributed by atoms with Crippen LogP contribution in [0.25, 0.3) is 10.9 Å². The number of non-ortho nitro benzene ring substituents is 1. The lowest BCUT2D eigenvalue weighted by Crippen LogP contribution is -2.30. The Hall–Kier alpha value is -2.44. The first-order chi connectivity index (χ1) is 11.6. The number of nitro benzene ring substituents is 1. The summed E-state index contributed by atoms with van der Waals surface area (Å²) in [7, 11) is 0. The van der Waals surface area contributed by atoms with Crippen molar-refractivity contribution in [1.29, 1.82) is 0 Å². The van der Waals surface area contributed by atoms with Crippen molar-refractivity contribution in [2.45, 2.75) is 45.1 Å². The number of nitrogens with one attached hydrogen (secondary N) is 1. The number of nitro groups is 1. The Labute approximate surface area is 140 Å². The van der Waals surface area contributed by atoms with E-state index in [1.807, 2.05) is 0 Å². The summed E-state index contributed by atoms with van der Waals surface area (Å²) in [4.78, 5) is 22.5. The maximum absolute atomic E-state index is 12.0. The molecule has 0 bridgehead atoms. The minimum Gasteiger partial charge on any atom is -0.356 e. The van der Waals surface area contributed by atoms with Gasteiger partial charge in [-0.2, -0.15) is 5.10 Å². The zero-order chi connectivity index (χ0) is 16.9. The van der Waals surface area contributed by atoms with Crippen LogP contribution >= 0.6 is 0 Å². The van der Waals surface area contributed by atoms with Crippen molar-refractivity contribution in [1.82, 2.24) is 15.1 Å². The van der Waals surface area contributed by atoms with Gasteiger partial charge in [0.25, 0.3) is 5.69 Å². The van der Waals surface area contributed by atoms with E-state index in [-0.39, 0.29) is 11.6 Å². The fourth-order valence-corrected chi connectivity index (χ4v) is 3.30. The predicted octanol–water partition coefficient (Wildman–Crippen LogP) is 3.03. The molecule has 0 unspecified atom stereocenters. The largest absolute Gasteiger partial charge is 0.356 e. The lowest BCUT2D eigenvalue weighted by atomic mass is 9.89. The molecule has 7 nitrogen and oxygen atoms in total. The standard InChI is InChI=1S/C17H22N4O3/c22-17(18-11-13-4-2-1-3-5-13)8-9-20-16-10-15(21(23)24)7-6-14(16)12-19-20/h6-7,10,12-13H,1-5,8-9,11H2,(H,18,22).